The van der Waals surface area contributed by atoms with E-state index < -0.39 is 12.2 Å². The molecule has 0 heterocycles. The van der Waals surface area contributed by atoms with Crippen molar-refractivity contribution in [2.45, 2.75) is 38.4 Å². The number of carbonyl (C=O) groups excluding carboxylic acids is 1. The topological polar surface area (TPSA) is 66.8 Å². The first-order valence-corrected chi connectivity index (χ1v) is 4.59. The molecule has 0 radical (unpaired) electrons. The van der Waals surface area contributed by atoms with Crippen LogP contribution in [-0.4, -0.2) is 35.0 Å². The van der Waals surface area contributed by atoms with E-state index in [2.05, 4.69) is 0 Å². The van der Waals surface area contributed by atoms with Crippen LogP contribution < -0.4 is 0 Å². The first-order chi connectivity index (χ1) is 6.09. The van der Waals surface area contributed by atoms with Gasteiger partial charge < -0.3 is 14.9 Å². The Morgan fingerprint density at radius 3 is 2.62 bits per heavy atom. The molecule has 0 amide bonds. The fourth-order valence-corrected chi connectivity index (χ4v) is 1.60. The monoisotopic (exact) mass is 188 g/mol. The van der Waals surface area contributed by atoms with Gasteiger partial charge in [0.1, 0.15) is 0 Å². The number of hydrogen-bond donors (Lipinski definition) is 2. The molecule has 0 saturated heterocycles. The molecule has 2 N–H and O–H groups in total. The summed E-state index contributed by atoms with van der Waals surface area (Å²) in [6.45, 7) is 1.73. The lowest BCUT2D eigenvalue weighted by Crippen LogP contribution is -2.35. The van der Waals surface area contributed by atoms with Gasteiger partial charge in [-0.3, -0.25) is 4.79 Å². The predicted octanol–water partition coefficient (Wildman–Crippen LogP) is 0.0714. The molecule has 3 unspecified atom stereocenters. The van der Waals surface area contributed by atoms with Crippen molar-refractivity contribution in [2.24, 2.45) is 5.92 Å². The van der Waals surface area contributed by atoms with E-state index in [1.54, 1.807) is 0 Å². The van der Waals surface area contributed by atoms with Gasteiger partial charge >= 0.3 is 5.97 Å². The Morgan fingerprint density at radius 1 is 1.38 bits per heavy atom. The van der Waals surface area contributed by atoms with Gasteiger partial charge in [0.05, 0.1) is 18.8 Å². The first kappa shape index (κ1) is 10.5. The van der Waals surface area contributed by atoms with Crippen molar-refractivity contribution in [1.82, 2.24) is 0 Å². The van der Waals surface area contributed by atoms with Crippen molar-refractivity contribution >= 4 is 5.97 Å². The molecular formula is C9H16O4. The number of rotatable bonds is 2. The molecular weight excluding hydrogens is 172 g/mol. The maximum absolute atomic E-state index is 10.5. The lowest BCUT2D eigenvalue weighted by Gasteiger charge is -2.29. The highest BCUT2D eigenvalue weighted by Crippen LogP contribution is 2.24. The maximum atomic E-state index is 10.5. The first-order valence-electron chi connectivity index (χ1n) is 4.59. The van der Waals surface area contributed by atoms with E-state index in [4.69, 9.17) is 4.74 Å². The Balaban J connectivity index is 2.25. The Bertz CT molecular complexity index is 180. The fraction of sp³-hybridized carbons (Fsp3) is 0.889. The van der Waals surface area contributed by atoms with E-state index in [0.717, 1.165) is 6.42 Å². The largest absolute Gasteiger partial charge is 0.466 e. The van der Waals surface area contributed by atoms with Crippen LogP contribution in [0.1, 0.15) is 26.2 Å². The smallest absolute Gasteiger partial charge is 0.302 e. The van der Waals surface area contributed by atoms with Crippen molar-refractivity contribution < 1.29 is 19.7 Å². The van der Waals surface area contributed by atoms with Gasteiger partial charge in [0.15, 0.2) is 0 Å². The van der Waals surface area contributed by atoms with Gasteiger partial charge in [0.2, 0.25) is 0 Å². The Hall–Kier alpha value is -0.610. The number of esters is 1. The summed E-state index contributed by atoms with van der Waals surface area (Å²) in [7, 11) is 0. The number of ether oxygens (including phenoxy) is 1. The molecule has 1 rings (SSSR count). The van der Waals surface area contributed by atoms with Gasteiger partial charge in [-0.1, -0.05) is 0 Å². The molecule has 1 aliphatic rings. The second kappa shape index (κ2) is 4.58. The minimum Gasteiger partial charge on any atom is -0.466 e. The van der Waals surface area contributed by atoms with Gasteiger partial charge in [-0.15, -0.1) is 0 Å². The molecule has 0 spiro atoms. The van der Waals surface area contributed by atoms with Gasteiger partial charge in [-0.05, 0) is 25.2 Å². The maximum Gasteiger partial charge on any atom is 0.302 e. The van der Waals surface area contributed by atoms with E-state index in [-0.39, 0.29) is 11.9 Å². The Labute approximate surface area is 77.5 Å². The number of hydrogen-bond acceptors (Lipinski definition) is 4. The minimum absolute atomic E-state index is 0.197. The highest BCUT2D eigenvalue weighted by molar-refractivity contribution is 5.65. The third kappa shape index (κ3) is 3.32. The average molecular weight is 188 g/mol. The average Bonchev–Trinajstić information content (AvgIpc) is 2.07. The van der Waals surface area contributed by atoms with Crippen LogP contribution in [0, 0.1) is 5.92 Å². The van der Waals surface area contributed by atoms with Crippen molar-refractivity contribution in [2.75, 3.05) is 6.61 Å². The summed E-state index contributed by atoms with van der Waals surface area (Å²) in [5.74, 6) is -0.0945. The van der Waals surface area contributed by atoms with Crippen molar-refractivity contribution in [3.05, 3.63) is 0 Å². The number of aliphatic hydroxyl groups is 2. The van der Waals surface area contributed by atoms with Crippen LogP contribution in [0.3, 0.4) is 0 Å². The van der Waals surface area contributed by atoms with Crippen LogP contribution >= 0.6 is 0 Å². The molecule has 0 aliphatic heterocycles. The van der Waals surface area contributed by atoms with Gasteiger partial charge in [-0.2, -0.15) is 0 Å². The second-order valence-electron chi connectivity index (χ2n) is 3.62. The summed E-state index contributed by atoms with van der Waals surface area (Å²) < 4.78 is 4.83. The number of aliphatic hydroxyl groups excluding tert-OH is 2. The van der Waals surface area contributed by atoms with E-state index >= 15 is 0 Å². The Morgan fingerprint density at radius 2 is 2.08 bits per heavy atom. The van der Waals surface area contributed by atoms with Crippen molar-refractivity contribution in [1.29, 1.82) is 0 Å². The second-order valence-corrected chi connectivity index (χ2v) is 3.62. The number of carbonyl (C=O) groups is 1. The Kier molecular flexibility index (Phi) is 3.69. The highest BCUT2D eigenvalue weighted by atomic mass is 16.5. The zero-order valence-corrected chi connectivity index (χ0v) is 7.77. The third-order valence-electron chi connectivity index (χ3n) is 2.41. The minimum atomic E-state index is -0.658. The van der Waals surface area contributed by atoms with Gasteiger partial charge in [0, 0.05) is 6.92 Å². The van der Waals surface area contributed by atoms with E-state index in [0.29, 0.717) is 19.4 Å². The van der Waals surface area contributed by atoms with E-state index in [9.17, 15) is 15.0 Å². The molecule has 0 aromatic heterocycles. The standard InChI is InChI=1S/C9H16O4/c1-6(10)13-5-7-2-3-8(11)9(12)4-7/h7-9,11-12H,2-5H2,1H3. The van der Waals surface area contributed by atoms with Gasteiger partial charge in [0.25, 0.3) is 0 Å². The van der Waals surface area contributed by atoms with Crippen molar-refractivity contribution in [3.8, 4) is 0 Å². The summed E-state index contributed by atoms with van der Waals surface area (Å²) in [4.78, 5) is 10.5. The van der Waals surface area contributed by atoms with E-state index in [1.165, 1.54) is 6.92 Å². The summed E-state index contributed by atoms with van der Waals surface area (Å²) in [6.07, 6.45) is 0.662. The molecule has 4 nitrogen and oxygen atoms in total. The normalized spacial score (nSPS) is 34.2. The molecule has 0 bridgehead atoms. The molecule has 1 aliphatic carbocycles. The van der Waals surface area contributed by atoms with Crippen molar-refractivity contribution in [3.63, 3.8) is 0 Å². The molecule has 4 heteroatoms. The van der Waals surface area contributed by atoms with Crippen LogP contribution in [0.4, 0.5) is 0 Å². The molecule has 0 aromatic rings. The SMILES string of the molecule is CC(=O)OCC1CCC(O)C(O)C1. The molecule has 76 valence electrons. The predicted molar refractivity (Wildman–Crippen MR) is 46.0 cm³/mol. The van der Waals surface area contributed by atoms with Crippen LogP contribution in [0.5, 0.6) is 0 Å². The van der Waals surface area contributed by atoms with Crippen LogP contribution in [0.25, 0.3) is 0 Å². The summed E-state index contributed by atoms with van der Waals surface area (Å²) >= 11 is 0. The fourth-order valence-electron chi connectivity index (χ4n) is 1.60. The lowest BCUT2D eigenvalue weighted by molar-refractivity contribution is -0.143. The molecule has 1 saturated carbocycles. The van der Waals surface area contributed by atoms with Crippen LogP contribution in [0.15, 0.2) is 0 Å². The van der Waals surface area contributed by atoms with Crippen LogP contribution in [-0.2, 0) is 9.53 Å². The molecule has 3 atom stereocenters. The van der Waals surface area contributed by atoms with Crippen LogP contribution in [0.2, 0.25) is 0 Å². The lowest BCUT2D eigenvalue weighted by atomic mass is 9.86. The van der Waals surface area contributed by atoms with Gasteiger partial charge in [-0.25, -0.2) is 0 Å². The molecule has 13 heavy (non-hydrogen) atoms. The summed E-state index contributed by atoms with van der Waals surface area (Å²) in [5.41, 5.74) is 0. The zero-order valence-electron chi connectivity index (χ0n) is 7.77. The molecule has 1 fully saturated rings. The van der Waals surface area contributed by atoms with E-state index in [1.807, 2.05) is 0 Å². The highest BCUT2D eigenvalue weighted by Gasteiger charge is 2.27. The molecule has 0 aromatic carbocycles. The zero-order chi connectivity index (χ0) is 9.84. The quantitative estimate of drug-likeness (QED) is 0.602. The summed E-state index contributed by atoms with van der Waals surface area (Å²) in [6, 6.07) is 0. The summed E-state index contributed by atoms with van der Waals surface area (Å²) in [5, 5.41) is 18.5. The third-order valence-corrected chi connectivity index (χ3v) is 2.41.